The van der Waals surface area contributed by atoms with Gasteiger partial charge in [0.25, 0.3) is 5.91 Å². The van der Waals surface area contributed by atoms with Gasteiger partial charge < -0.3 is 24.6 Å². The Morgan fingerprint density at radius 2 is 1.79 bits per heavy atom. The molecule has 2 saturated heterocycles. The summed E-state index contributed by atoms with van der Waals surface area (Å²) in [6.45, 7) is 6.47. The van der Waals surface area contributed by atoms with Crippen LogP contribution in [-0.2, 0) is 19.6 Å². The van der Waals surface area contributed by atoms with Crippen molar-refractivity contribution in [2.45, 2.75) is 37.7 Å². The van der Waals surface area contributed by atoms with Crippen LogP contribution in [0.15, 0.2) is 41.3 Å². The summed E-state index contributed by atoms with van der Waals surface area (Å²) in [5.74, 6) is 0.509. The van der Waals surface area contributed by atoms with Gasteiger partial charge in [0.05, 0.1) is 23.6 Å². The Kier molecular flexibility index (Phi) is 7.23. The number of benzene rings is 2. The topological polar surface area (TPSA) is 108 Å². The van der Waals surface area contributed by atoms with Crippen molar-refractivity contribution in [1.82, 2.24) is 9.21 Å². The van der Waals surface area contributed by atoms with Crippen molar-refractivity contribution in [3.05, 3.63) is 42.0 Å². The quantitative estimate of drug-likeness (QED) is 0.618. The van der Waals surface area contributed by atoms with Crippen molar-refractivity contribution in [3.63, 3.8) is 0 Å². The van der Waals surface area contributed by atoms with Crippen LogP contribution in [0.3, 0.4) is 0 Å². The number of hydrogen-bond acceptors (Lipinski definition) is 7. The number of nitrogens with zero attached hydrogens (tertiary/aromatic N) is 3. The van der Waals surface area contributed by atoms with Crippen LogP contribution in [0.1, 0.15) is 25.3 Å². The van der Waals surface area contributed by atoms with E-state index in [1.165, 1.54) is 10.4 Å². The average molecular weight is 543 g/mol. The van der Waals surface area contributed by atoms with Crippen molar-refractivity contribution in [1.29, 1.82) is 0 Å². The molecule has 5 rings (SSSR count). The average Bonchev–Trinajstić information content (AvgIpc) is 2.93. The third-order valence-corrected chi connectivity index (χ3v) is 9.60. The minimum Gasteiger partial charge on any atom is -0.497 e. The van der Waals surface area contributed by atoms with E-state index < -0.39 is 16.1 Å². The number of rotatable bonds is 5. The maximum Gasteiger partial charge on any atom is 0.265 e. The van der Waals surface area contributed by atoms with Crippen LogP contribution in [0.25, 0.3) is 0 Å². The van der Waals surface area contributed by atoms with Crippen molar-refractivity contribution in [3.8, 4) is 11.5 Å². The number of carbonyl (C=O) groups excluding carboxylic acids is 2. The number of amides is 2. The fourth-order valence-corrected chi connectivity index (χ4v) is 7.10. The van der Waals surface area contributed by atoms with Gasteiger partial charge in [0.15, 0.2) is 6.10 Å². The molecule has 0 bridgehead atoms. The summed E-state index contributed by atoms with van der Waals surface area (Å²) in [7, 11) is -2.21. The van der Waals surface area contributed by atoms with Gasteiger partial charge in [-0.25, -0.2) is 8.42 Å². The molecule has 0 aliphatic carbocycles. The van der Waals surface area contributed by atoms with E-state index >= 15 is 0 Å². The number of methoxy groups -OCH3 is 1. The molecule has 2 aromatic rings. The number of ether oxygens (including phenoxy) is 2. The highest BCUT2D eigenvalue weighted by atomic mass is 32.2. The van der Waals surface area contributed by atoms with Gasteiger partial charge in [-0.1, -0.05) is 0 Å². The predicted molar refractivity (Wildman–Crippen MR) is 143 cm³/mol. The molecule has 0 radical (unpaired) electrons. The van der Waals surface area contributed by atoms with Gasteiger partial charge in [-0.2, -0.15) is 4.31 Å². The molecular formula is C27H34N4O6S. The molecular weight excluding hydrogens is 508 g/mol. The number of nitrogens with one attached hydrogen (secondary N) is 1. The molecule has 0 spiro atoms. The maximum atomic E-state index is 13.7. The summed E-state index contributed by atoms with van der Waals surface area (Å²) in [5, 5.41) is 2.75. The number of piperidine rings is 1. The predicted octanol–water partition coefficient (Wildman–Crippen LogP) is 2.47. The highest BCUT2D eigenvalue weighted by Gasteiger charge is 2.37. The van der Waals surface area contributed by atoms with E-state index in [1.54, 1.807) is 27.0 Å². The second kappa shape index (κ2) is 10.5. The Hall–Kier alpha value is -3.31. The van der Waals surface area contributed by atoms with Crippen LogP contribution in [-0.4, -0.2) is 81.9 Å². The summed E-state index contributed by atoms with van der Waals surface area (Å²) >= 11 is 0. The summed E-state index contributed by atoms with van der Waals surface area (Å²) in [6, 6.07) is 11.0. The maximum absolute atomic E-state index is 13.7. The van der Waals surface area contributed by atoms with E-state index in [1.807, 2.05) is 29.2 Å². The zero-order valence-corrected chi connectivity index (χ0v) is 22.8. The highest BCUT2D eigenvalue weighted by Crippen LogP contribution is 2.36. The van der Waals surface area contributed by atoms with Crippen LogP contribution >= 0.6 is 0 Å². The lowest BCUT2D eigenvalue weighted by atomic mass is 9.97. The molecule has 0 aromatic heterocycles. The Morgan fingerprint density at radius 3 is 2.47 bits per heavy atom. The monoisotopic (exact) mass is 542 g/mol. The molecule has 10 nitrogen and oxygen atoms in total. The van der Waals surface area contributed by atoms with E-state index in [4.69, 9.17) is 9.47 Å². The second-order valence-electron chi connectivity index (χ2n) is 10.1. The van der Waals surface area contributed by atoms with Gasteiger partial charge in [-0.05, 0) is 62.6 Å². The van der Waals surface area contributed by atoms with Crippen LogP contribution < -0.4 is 19.7 Å². The molecule has 2 atom stereocenters. The first-order valence-electron chi connectivity index (χ1n) is 13.0. The number of carbonyl (C=O) groups is 2. The summed E-state index contributed by atoms with van der Waals surface area (Å²) in [6.07, 6.45) is 0.581. The van der Waals surface area contributed by atoms with Crippen molar-refractivity contribution >= 4 is 33.2 Å². The Labute approximate surface area is 223 Å². The Morgan fingerprint density at radius 1 is 1.08 bits per heavy atom. The van der Waals surface area contributed by atoms with E-state index in [2.05, 4.69) is 10.2 Å². The first-order chi connectivity index (χ1) is 18.2. The lowest BCUT2D eigenvalue weighted by molar-refractivity contribution is -0.137. The molecule has 11 heteroatoms. The third-order valence-electron chi connectivity index (χ3n) is 7.59. The number of anilines is 2. The molecule has 1 N–H and O–H groups in total. The molecule has 2 amide bonds. The van der Waals surface area contributed by atoms with Crippen molar-refractivity contribution < 1.29 is 27.5 Å². The number of aryl methyl sites for hydroxylation is 1. The van der Waals surface area contributed by atoms with Crippen LogP contribution in [0.2, 0.25) is 0 Å². The van der Waals surface area contributed by atoms with Crippen molar-refractivity contribution in [2.24, 2.45) is 5.92 Å². The number of sulfonamides is 1. The number of piperazine rings is 1. The molecule has 0 unspecified atom stereocenters. The fourth-order valence-electron chi connectivity index (χ4n) is 5.36. The van der Waals surface area contributed by atoms with Gasteiger partial charge in [0.2, 0.25) is 15.9 Å². The Balaban J connectivity index is 1.25. The van der Waals surface area contributed by atoms with Gasteiger partial charge in [0.1, 0.15) is 11.5 Å². The minimum absolute atomic E-state index is 0.0151. The summed E-state index contributed by atoms with van der Waals surface area (Å²) in [5.41, 5.74) is 2.07. The standard InChI is InChI=1S/C27H34N4O6S/c1-18-15-23-24(37-19(2)26(32)28-23)16-25(18)38(34,35)31-10-4-5-20(17-31)27(33)30-13-11-29(12-14-30)21-6-8-22(36-3)9-7-21/h6-9,15-16,19-20H,4-5,10-14,17H2,1-3H3,(H,28,32)/t19-,20+/m1/s1. The smallest absolute Gasteiger partial charge is 0.265 e. The third kappa shape index (κ3) is 5.04. The number of hydrogen-bond donors (Lipinski definition) is 1. The molecule has 0 saturated carbocycles. The summed E-state index contributed by atoms with van der Waals surface area (Å²) in [4.78, 5) is 29.6. The van der Waals surface area contributed by atoms with Gasteiger partial charge in [0, 0.05) is 51.0 Å². The molecule has 2 fully saturated rings. The molecule has 38 heavy (non-hydrogen) atoms. The van der Waals surface area contributed by atoms with Crippen molar-refractivity contribution in [2.75, 3.05) is 56.6 Å². The Bertz CT molecular complexity index is 1320. The minimum atomic E-state index is -3.85. The van der Waals surface area contributed by atoms with Crippen LogP contribution in [0.4, 0.5) is 11.4 Å². The highest BCUT2D eigenvalue weighted by molar-refractivity contribution is 7.89. The van der Waals surface area contributed by atoms with E-state index in [0.29, 0.717) is 49.5 Å². The first kappa shape index (κ1) is 26.3. The SMILES string of the molecule is COc1ccc(N2CCN(C(=O)[C@H]3CCCN(S(=O)(=O)c4cc5c(cc4C)NC(=O)[C@@H](C)O5)C3)CC2)cc1. The molecule has 2 aromatic carbocycles. The van der Waals surface area contributed by atoms with Gasteiger partial charge in [-0.15, -0.1) is 0 Å². The van der Waals surface area contributed by atoms with Crippen LogP contribution in [0, 0.1) is 12.8 Å². The lowest BCUT2D eigenvalue weighted by Gasteiger charge is -2.39. The molecule has 3 aliphatic rings. The van der Waals surface area contributed by atoms with E-state index in [9.17, 15) is 18.0 Å². The number of fused-ring (bicyclic) bond motifs is 1. The molecule has 204 valence electrons. The largest absolute Gasteiger partial charge is 0.497 e. The lowest BCUT2D eigenvalue weighted by Crippen LogP contribution is -2.53. The van der Waals surface area contributed by atoms with Gasteiger partial charge >= 0.3 is 0 Å². The zero-order valence-electron chi connectivity index (χ0n) is 22.0. The molecule has 3 heterocycles. The normalized spacial score (nSPS) is 22.3. The second-order valence-corrected chi connectivity index (χ2v) is 12.0. The zero-order chi connectivity index (χ0) is 27.0. The van der Waals surface area contributed by atoms with E-state index in [-0.39, 0.29) is 29.2 Å². The molecule has 3 aliphatic heterocycles. The van der Waals surface area contributed by atoms with E-state index in [0.717, 1.165) is 24.5 Å². The van der Waals surface area contributed by atoms with Gasteiger partial charge in [-0.3, -0.25) is 9.59 Å². The fraction of sp³-hybridized carbons (Fsp3) is 0.481. The first-order valence-corrected chi connectivity index (χ1v) is 14.4. The van der Waals surface area contributed by atoms with Crippen LogP contribution in [0.5, 0.6) is 11.5 Å². The summed E-state index contributed by atoms with van der Waals surface area (Å²) < 4.78 is 39.6.